The lowest BCUT2D eigenvalue weighted by molar-refractivity contribution is -0.154. The van der Waals surface area contributed by atoms with Crippen LogP contribution < -0.4 is 11.1 Å². The van der Waals surface area contributed by atoms with Crippen LogP contribution in [0.4, 0.5) is 23.8 Å². The third-order valence-electron chi connectivity index (χ3n) is 8.40. The third kappa shape index (κ3) is 3.29. The smallest absolute Gasteiger partial charge is 0.419 e. The molecule has 0 aromatic carbocycles. The minimum Gasteiger partial charge on any atom is -0.465 e. The molecule has 0 radical (unpaired) electrons. The van der Waals surface area contributed by atoms with Gasteiger partial charge in [-0.05, 0) is 74.3 Å². The highest BCUT2D eigenvalue weighted by atomic mass is 19.4. The lowest BCUT2D eigenvalue weighted by Crippen LogP contribution is -2.61. The average Bonchev–Trinajstić information content (AvgIpc) is 3.10. The first-order valence-electron chi connectivity index (χ1n) is 11.2. The van der Waals surface area contributed by atoms with E-state index in [-0.39, 0.29) is 36.0 Å². The molecule has 1 aromatic heterocycles. The fraction of sp³-hybridized carbons (Fsp3) is 0.682. The van der Waals surface area contributed by atoms with Crippen LogP contribution in [0.2, 0.25) is 0 Å². The number of amides is 2. The number of carbonyl (C=O) groups is 2. The van der Waals surface area contributed by atoms with E-state index in [0.717, 1.165) is 25.3 Å². The first kappa shape index (κ1) is 21.3. The second-order valence-corrected chi connectivity index (χ2v) is 10.1. The molecule has 10 heteroatoms. The van der Waals surface area contributed by atoms with E-state index in [1.165, 1.54) is 17.2 Å². The number of halogens is 3. The standard InChI is InChI=1S/C22H27F3N4O3/c23-22(24,25)14-2-1-4-27-18(14)28-15-3-5-29(20(31)32)17(15)16-12-6-11-7-13(16)10-21(8-11,9-12)19(26)30/h1-2,4,11-13,15-17H,3,5-10H2,(H2,26,30)(H,27,28)(H,31,32)/t11?,12-,13+,15?,16?,17?,21?. The number of nitrogens with zero attached hydrogens (tertiary/aromatic N) is 2. The summed E-state index contributed by atoms with van der Waals surface area (Å²) in [5.41, 5.74) is 4.42. The van der Waals surface area contributed by atoms with Gasteiger partial charge < -0.3 is 21.1 Å². The largest absolute Gasteiger partial charge is 0.465 e. The van der Waals surface area contributed by atoms with Crippen LogP contribution in [0.3, 0.4) is 0 Å². The second kappa shape index (κ2) is 7.25. The zero-order valence-corrected chi connectivity index (χ0v) is 17.5. The van der Waals surface area contributed by atoms with Crippen LogP contribution in [0.1, 0.15) is 44.1 Å². The lowest BCUT2D eigenvalue weighted by Gasteiger charge is -2.61. The predicted octanol–water partition coefficient (Wildman–Crippen LogP) is 3.56. The maximum atomic E-state index is 13.5. The molecular weight excluding hydrogens is 425 g/mol. The summed E-state index contributed by atoms with van der Waals surface area (Å²) in [6.07, 6.45) is 0.0283. The van der Waals surface area contributed by atoms with E-state index < -0.39 is 35.3 Å². The summed E-state index contributed by atoms with van der Waals surface area (Å²) in [6.45, 7) is 0.256. The summed E-state index contributed by atoms with van der Waals surface area (Å²) in [7, 11) is 0. The molecule has 174 valence electrons. The molecule has 7 atom stereocenters. The molecule has 1 aliphatic heterocycles. The number of hydrogen-bond acceptors (Lipinski definition) is 4. The highest BCUT2D eigenvalue weighted by Gasteiger charge is 2.61. The summed E-state index contributed by atoms with van der Waals surface area (Å²) >= 11 is 0. The fourth-order valence-corrected chi connectivity index (χ4v) is 7.52. The lowest BCUT2D eigenvalue weighted by atomic mass is 9.44. The van der Waals surface area contributed by atoms with E-state index >= 15 is 0 Å². The Balaban J connectivity index is 1.47. The van der Waals surface area contributed by atoms with Gasteiger partial charge in [0.1, 0.15) is 5.82 Å². The molecule has 32 heavy (non-hydrogen) atoms. The van der Waals surface area contributed by atoms with Crippen LogP contribution in [-0.2, 0) is 11.0 Å². The molecule has 5 unspecified atom stereocenters. The Morgan fingerprint density at radius 2 is 1.91 bits per heavy atom. The Morgan fingerprint density at radius 3 is 2.50 bits per heavy atom. The van der Waals surface area contributed by atoms with E-state index in [9.17, 15) is 27.9 Å². The number of primary amides is 1. The van der Waals surface area contributed by atoms with Gasteiger partial charge in [0, 0.05) is 18.2 Å². The topological polar surface area (TPSA) is 109 Å². The summed E-state index contributed by atoms with van der Waals surface area (Å²) < 4.78 is 40.5. The zero-order chi connectivity index (χ0) is 22.8. The first-order chi connectivity index (χ1) is 15.1. The molecule has 1 aromatic rings. The molecule has 2 amide bonds. The minimum atomic E-state index is -4.56. The molecule has 7 nitrogen and oxygen atoms in total. The van der Waals surface area contributed by atoms with Gasteiger partial charge in [-0.3, -0.25) is 4.79 Å². The summed E-state index contributed by atoms with van der Waals surface area (Å²) in [5.74, 6) is 0.167. The SMILES string of the molecule is NC(=O)C12CC3C[C@H](C1)C(C1C(Nc4ncccc4C(F)(F)F)CCN1C(=O)O)[C@@H](C3)C2. The van der Waals surface area contributed by atoms with E-state index in [0.29, 0.717) is 25.2 Å². The van der Waals surface area contributed by atoms with Gasteiger partial charge in [0.25, 0.3) is 0 Å². The number of carbonyl (C=O) groups excluding carboxylic acids is 1. The van der Waals surface area contributed by atoms with Gasteiger partial charge in [0.15, 0.2) is 0 Å². The first-order valence-corrected chi connectivity index (χ1v) is 11.2. The van der Waals surface area contributed by atoms with E-state index in [1.54, 1.807) is 0 Å². The van der Waals surface area contributed by atoms with Crippen molar-refractivity contribution < 1.29 is 27.9 Å². The third-order valence-corrected chi connectivity index (χ3v) is 8.40. The zero-order valence-electron chi connectivity index (χ0n) is 17.5. The van der Waals surface area contributed by atoms with Crippen LogP contribution in [0.15, 0.2) is 18.3 Å². The van der Waals surface area contributed by atoms with Crippen LogP contribution in [0.5, 0.6) is 0 Å². The molecule has 4 aliphatic carbocycles. The Labute approximate surface area is 183 Å². The number of nitrogens with two attached hydrogens (primary N) is 1. The van der Waals surface area contributed by atoms with Crippen LogP contribution >= 0.6 is 0 Å². The van der Waals surface area contributed by atoms with Crippen LogP contribution in [0, 0.1) is 29.1 Å². The number of hydrogen-bond donors (Lipinski definition) is 3. The predicted molar refractivity (Wildman–Crippen MR) is 108 cm³/mol. The molecule has 5 fully saturated rings. The number of carboxylic acid groups (broad SMARTS) is 1. The van der Waals surface area contributed by atoms with Gasteiger partial charge in [-0.2, -0.15) is 13.2 Å². The number of anilines is 1. The number of likely N-dealkylation sites (tertiary alicyclic amines) is 1. The van der Waals surface area contributed by atoms with E-state index in [2.05, 4.69) is 10.3 Å². The Morgan fingerprint density at radius 1 is 1.22 bits per heavy atom. The van der Waals surface area contributed by atoms with Crippen molar-refractivity contribution >= 4 is 17.8 Å². The molecule has 5 aliphatic rings. The number of alkyl halides is 3. The Kier molecular flexibility index (Phi) is 4.83. The number of rotatable bonds is 4. The highest BCUT2D eigenvalue weighted by molar-refractivity contribution is 5.81. The number of nitrogens with one attached hydrogen (secondary N) is 1. The Bertz CT molecular complexity index is 923. The molecular formula is C22H27F3N4O3. The number of aromatic nitrogens is 1. The number of pyridine rings is 1. The maximum absolute atomic E-state index is 13.5. The van der Waals surface area contributed by atoms with E-state index in [4.69, 9.17) is 5.73 Å². The maximum Gasteiger partial charge on any atom is 0.419 e. The highest BCUT2D eigenvalue weighted by Crippen LogP contribution is 2.63. The average molecular weight is 452 g/mol. The van der Waals surface area contributed by atoms with Crippen molar-refractivity contribution in [1.82, 2.24) is 9.88 Å². The quantitative estimate of drug-likeness (QED) is 0.647. The van der Waals surface area contributed by atoms with E-state index in [1.807, 2.05) is 0 Å². The fourth-order valence-electron chi connectivity index (χ4n) is 7.52. The van der Waals surface area contributed by atoms with Crippen molar-refractivity contribution in [2.24, 2.45) is 34.8 Å². The van der Waals surface area contributed by atoms with Crippen molar-refractivity contribution in [1.29, 1.82) is 0 Å². The van der Waals surface area contributed by atoms with Crippen molar-refractivity contribution in [3.63, 3.8) is 0 Å². The van der Waals surface area contributed by atoms with Crippen molar-refractivity contribution in [2.75, 3.05) is 11.9 Å². The van der Waals surface area contributed by atoms with Gasteiger partial charge in [-0.15, -0.1) is 0 Å². The molecule has 1 saturated heterocycles. The monoisotopic (exact) mass is 452 g/mol. The summed E-state index contributed by atoms with van der Waals surface area (Å²) in [4.78, 5) is 29.7. The minimum absolute atomic E-state index is 0.00632. The molecule has 4 bridgehead atoms. The normalized spacial score (nSPS) is 38.2. The van der Waals surface area contributed by atoms with Crippen molar-refractivity contribution in [3.8, 4) is 0 Å². The molecule has 0 spiro atoms. The van der Waals surface area contributed by atoms with Gasteiger partial charge >= 0.3 is 12.3 Å². The summed E-state index contributed by atoms with van der Waals surface area (Å²) in [6, 6.07) is 1.28. The van der Waals surface area contributed by atoms with Crippen molar-refractivity contribution in [3.05, 3.63) is 23.9 Å². The van der Waals surface area contributed by atoms with Gasteiger partial charge in [-0.1, -0.05) is 0 Å². The summed E-state index contributed by atoms with van der Waals surface area (Å²) in [5, 5.41) is 12.8. The second-order valence-electron chi connectivity index (χ2n) is 10.1. The molecule has 4 saturated carbocycles. The van der Waals surface area contributed by atoms with Crippen molar-refractivity contribution in [2.45, 2.75) is 56.8 Å². The van der Waals surface area contributed by atoms with Gasteiger partial charge in [0.05, 0.1) is 17.6 Å². The Hall–Kier alpha value is -2.52. The van der Waals surface area contributed by atoms with Crippen LogP contribution in [0.25, 0.3) is 0 Å². The molecule has 4 N–H and O–H groups in total. The van der Waals surface area contributed by atoms with Gasteiger partial charge in [0.2, 0.25) is 5.91 Å². The van der Waals surface area contributed by atoms with Gasteiger partial charge in [-0.25, -0.2) is 9.78 Å². The molecule has 6 rings (SSSR count). The van der Waals surface area contributed by atoms with Crippen LogP contribution in [-0.4, -0.2) is 45.6 Å². The molecule has 2 heterocycles.